The Morgan fingerprint density at radius 2 is 2.16 bits per heavy atom. The smallest absolute Gasteiger partial charge is 0.343 e. The normalized spacial score (nSPS) is 9.32. The molecule has 19 heavy (non-hydrogen) atoms. The first-order valence-electron chi connectivity index (χ1n) is 5.06. The van der Waals surface area contributed by atoms with Crippen LogP contribution in [0.3, 0.4) is 0 Å². The van der Waals surface area contributed by atoms with Gasteiger partial charge in [-0.2, -0.15) is 0 Å². The highest BCUT2D eigenvalue weighted by Crippen LogP contribution is 2.05. The second-order valence-electron chi connectivity index (χ2n) is 3.40. The molecular formula is C13H19N2O4+. The standard InChI is InChI=1S/C11H10N2O4.2CH4/c1-2-17-11(15)8-5-12-9-6-13(16)4-3-7(9)10(8)14;;/h3-6H,2H2,1H3,(H-,12,14,15,16);2*1H4/p+1. The van der Waals surface area contributed by atoms with E-state index in [0.717, 1.165) is 4.73 Å². The van der Waals surface area contributed by atoms with Gasteiger partial charge >= 0.3 is 5.97 Å². The maximum atomic E-state index is 11.9. The van der Waals surface area contributed by atoms with Crippen molar-refractivity contribution in [2.24, 2.45) is 0 Å². The number of carbonyl (C=O) groups is 1. The highest BCUT2D eigenvalue weighted by atomic mass is 16.5. The van der Waals surface area contributed by atoms with Crippen LogP contribution in [-0.4, -0.2) is 22.8 Å². The number of hydrogen-bond acceptors (Lipinski definition) is 4. The molecule has 2 rings (SSSR count). The third-order valence-electron chi connectivity index (χ3n) is 2.30. The summed E-state index contributed by atoms with van der Waals surface area (Å²) in [6.07, 6.45) is 3.93. The molecule has 6 heteroatoms. The van der Waals surface area contributed by atoms with Crippen molar-refractivity contribution >= 4 is 16.9 Å². The van der Waals surface area contributed by atoms with Crippen LogP contribution in [0.15, 0.2) is 29.5 Å². The number of carbonyl (C=O) groups excluding carboxylic acids is 1. The predicted octanol–water partition coefficient (Wildman–Crippen LogP) is 1.50. The molecule has 6 nitrogen and oxygen atoms in total. The highest BCUT2D eigenvalue weighted by Gasteiger charge is 2.15. The Kier molecular flexibility index (Phi) is 5.72. The second-order valence-corrected chi connectivity index (χ2v) is 3.40. The number of aromatic amines is 1. The molecule has 0 amide bonds. The van der Waals surface area contributed by atoms with E-state index in [2.05, 4.69) is 4.98 Å². The number of pyridine rings is 2. The number of H-pyrrole nitrogens is 1. The van der Waals surface area contributed by atoms with E-state index >= 15 is 0 Å². The number of fused-ring (bicyclic) bond motifs is 1. The Morgan fingerprint density at radius 3 is 2.79 bits per heavy atom. The Hall–Kier alpha value is -2.37. The first-order chi connectivity index (χ1) is 8.13. The number of nitrogens with one attached hydrogen (secondary N) is 1. The third kappa shape index (κ3) is 3.09. The van der Waals surface area contributed by atoms with E-state index in [-0.39, 0.29) is 27.0 Å². The molecule has 104 valence electrons. The van der Waals surface area contributed by atoms with Gasteiger partial charge in [0.05, 0.1) is 12.0 Å². The molecule has 0 fully saturated rings. The largest absolute Gasteiger partial charge is 0.462 e. The van der Waals surface area contributed by atoms with Crippen molar-refractivity contribution < 1.29 is 19.5 Å². The Morgan fingerprint density at radius 1 is 1.47 bits per heavy atom. The Bertz CT molecular complexity index is 634. The van der Waals surface area contributed by atoms with Crippen LogP contribution in [0.2, 0.25) is 0 Å². The molecule has 2 aromatic rings. The zero-order chi connectivity index (χ0) is 12.4. The van der Waals surface area contributed by atoms with Crippen LogP contribution in [0, 0.1) is 0 Å². The molecule has 0 atom stereocenters. The molecule has 0 spiro atoms. The van der Waals surface area contributed by atoms with E-state index < -0.39 is 11.4 Å². The van der Waals surface area contributed by atoms with Gasteiger partial charge in [0.2, 0.25) is 17.8 Å². The van der Waals surface area contributed by atoms with Crippen LogP contribution in [0.1, 0.15) is 32.1 Å². The first-order valence-corrected chi connectivity index (χ1v) is 5.06. The van der Waals surface area contributed by atoms with Gasteiger partial charge < -0.3 is 9.72 Å². The lowest BCUT2D eigenvalue weighted by Gasteiger charge is -2.01. The van der Waals surface area contributed by atoms with Crippen molar-refractivity contribution in [1.82, 2.24) is 4.98 Å². The molecule has 0 bridgehead atoms. The second kappa shape index (κ2) is 6.53. The van der Waals surface area contributed by atoms with Crippen molar-refractivity contribution in [3.05, 3.63) is 40.4 Å². The summed E-state index contributed by atoms with van der Waals surface area (Å²) < 4.78 is 5.59. The molecule has 0 radical (unpaired) electrons. The minimum Gasteiger partial charge on any atom is -0.462 e. The average Bonchev–Trinajstić information content (AvgIpc) is 2.29. The SMILES string of the molecule is C.C.CCOC(=O)c1c[nH]c2c[n+](O)ccc2c1=O. The summed E-state index contributed by atoms with van der Waals surface area (Å²) in [6.45, 7) is 1.88. The zero-order valence-electron chi connectivity index (χ0n) is 9.14. The Labute approximate surface area is 111 Å². The summed E-state index contributed by atoms with van der Waals surface area (Å²) >= 11 is 0. The summed E-state index contributed by atoms with van der Waals surface area (Å²) in [6, 6.07) is 1.43. The summed E-state index contributed by atoms with van der Waals surface area (Å²) in [5.74, 6) is -0.656. The fourth-order valence-electron chi connectivity index (χ4n) is 1.52. The molecule has 2 heterocycles. The third-order valence-corrected chi connectivity index (χ3v) is 2.30. The van der Waals surface area contributed by atoms with Gasteiger partial charge in [-0.05, 0) is 6.92 Å². The Balaban J connectivity index is 0.00000162. The fourth-order valence-corrected chi connectivity index (χ4v) is 1.52. The molecule has 0 aliphatic rings. The van der Waals surface area contributed by atoms with E-state index in [0.29, 0.717) is 10.9 Å². The molecule has 0 unspecified atom stereocenters. The van der Waals surface area contributed by atoms with E-state index in [4.69, 9.17) is 4.74 Å². The van der Waals surface area contributed by atoms with Crippen molar-refractivity contribution in [3.8, 4) is 0 Å². The van der Waals surface area contributed by atoms with Crippen LogP contribution in [0.25, 0.3) is 10.9 Å². The molecule has 0 saturated heterocycles. The van der Waals surface area contributed by atoms with Crippen molar-refractivity contribution in [2.45, 2.75) is 21.8 Å². The topological polar surface area (TPSA) is 83.3 Å². The van der Waals surface area contributed by atoms with Crippen LogP contribution >= 0.6 is 0 Å². The maximum Gasteiger partial charge on any atom is 0.343 e. The van der Waals surface area contributed by atoms with Gasteiger partial charge in [-0.25, -0.2) is 4.79 Å². The predicted molar refractivity (Wildman–Crippen MR) is 71.4 cm³/mol. The lowest BCUT2D eigenvalue weighted by Crippen LogP contribution is -2.29. The van der Waals surface area contributed by atoms with Crippen LogP contribution in [0.5, 0.6) is 0 Å². The number of rotatable bonds is 2. The van der Waals surface area contributed by atoms with Gasteiger partial charge in [-0.15, -0.1) is 0 Å². The van der Waals surface area contributed by atoms with E-state index in [1.54, 1.807) is 6.92 Å². The zero-order valence-corrected chi connectivity index (χ0v) is 9.14. The van der Waals surface area contributed by atoms with Gasteiger partial charge in [0.1, 0.15) is 11.1 Å². The van der Waals surface area contributed by atoms with Gasteiger partial charge in [0.15, 0.2) is 0 Å². The average molecular weight is 267 g/mol. The molecule has 0 saturated carbocycles. The van der Waals surface area contributed by atoms with Crippen LogP contribution < -0.4 is 10.2 Å². The molecule has 2 aromatic heterocycles. The lowest BCUT2D eigenvalue weighted by atomic mass is 10.2. The number of esters is 1. The van der Waals surface area contributed by atoms with Crippen molar-refractivity contribution in [3.63, 3.8) is 0 Å². The summed E-state index contributed by atoms with van der Waals surface area (Å²) in [5, 5.41) is 9.51. The van der Waals surface area contributed by atoms with Crippen LogP contribution in [-0.2, 0) is 4.74 Å². The van der Waals surface area contributed by atoms with Gasteiger partial charge in [0, 0.05) is 17.0 Å². The summed E-state index contributed by atoms with van der Waals surface area (Å²) in [5.41, 5.74) is -0.0270. The minimum atomic E-state index is -0.656. The van der Waals surface area contributed by atoms with Gasteiger partial charge in [-0.1, -0.05) is 14.9 Å². The van der Waals surface area contributed by atoms with E-state index in [9.17, 15) is 14.8 Å². The van der Waals surface area contributed by atoms with Crippen LogP contribution in [0.4, 0.5) is 0 Å². The first kappa shape index (κ1) is 16.6. The van der Waals surface area contributed by atoms with Gasteiger partial charge in [0.25, 0.3) is 0 Å². The summed E-state index contributed by atoms with van der Waals surface area (Å²) in [4.78, 5) is 26.2. The summed E-state index contributed by atoms with van der Waals surface area (Å²) in [7, 11) is 0. The number of nitrogens with zero attached hydrogens (tertiary/aromatic N) is 1. The fraction of sp³-hybridized carbons (Fsp3) is 0.308. The number of ether oxygens (including phenoxy) is 1. The number of hydrogen-bond donors (Lipinski definition) is 2. The minimum absolute atomic E-state index is 0. The molecular weight excluding hydrogens is 248 g/mol. The lowest BCUT2D eigenvalue weighted by molar-refractivity contribution is -0.904. The molecule has 0 aliphatic carbocycles. The van der Waals surface area contributed by atoms with Crippen molar-refractivity contribution in [1.29, 1.82) is 0 Å². The molecule has 0 aromatic carbocycles. The van der Waals surface area contributed by atoms with E-state index in [1.807, 2.05) is 0 Å². The van der Waals surface area contributed by atoms with E-state index in [1.165, 1.54) is 24.7 Å². The van der Waals surface area contributed by atoms with Crippen molar-refractivity contribution in [2.75, 3.05) is 6.61 Å². The maximum absolute atomic E-state index is 11.9. The molecule has 0 aliphatic heterocycles. The highest BCUT2D eigenvalue weighted by molar-refractivity contribution is 5.93. The quantitative estimate of drug-likeness (QED) is 0.490. The monoisotopic (exact) mass is 267 g/mol. The number of aromatic nitrogens is 2. The van der Waals surface area contributed by atoms with Gasteiger partial charge in [-0.3, -0.25) is 10.0 Å². The molecule has 2 N–H and O–H groups in total.